The number of aliphatic imine (C=N–C) groups is 1. The minimum absolute atomic E-state index is 0. The van der Waals surface area contributed by atoms with Crippen LogP contribution in [0.5, 0.6) is 0 Å². The van der Waals surface area contributed by atoms with Crippen LogP contribution in [-0.2, 0) is 6.42 Å². The van der Waals surface area contributed by atoms with E-state index in [1.807, 2.05) is 18.2 Å². The summed E-state index contributed by atoms with van der Waals surface area (Å²) in [6.45, 7) is 3.81. The molecular weight excluding hydrogens is 419 g/mol. The van der Waals surface area contributed by atoms with E-state index in [9.17, 15) is 0 Å². The van der Waals surface area contributed by atoms with Gasteiger partial charge in [-0.1, -0.05) is 31.0 Å². The Hall–Kier alpha value is -1.71. The molecule has 2 N–H and O–H groups in total. The second kappa shape index (κ2) is 11.8. The zero-order valence-electron chi connectivity index (χ0n) is 14.2. The molecule has 0 spiro atoms. The van der Waals surface area contributed by atoms with E-state index in [4.69, 9.17) is 4.52 Å². The normalized spacial score (nSPS) is 11.0. The van der Waals surface area contributed by atoms with Crippen molar-refractivity contribution in [1.29, 1.82) is 0 Å². The van der Waals surface area contributed by atoms with Gasteiger partial charge in [-0.25, -0.2) is 0 Å². The van der Waals surface area contributed by atoms with E-state index in [1.165, 1.54) is 12.8 Å². The summed E-state index contributed by atoms with van der Waals surface area (Å²) in [5.41, 5.74) is 0.688. The summed E-state index contributed by atoms with van der Waals surface area (Å²) in [4.78, 5) is 12.7. The molecule has 2 aromatic heterocycles. The number of nitrogens with zero attached hydrogens (tertiary/aromatic N) is 4. The van der Waals surface area contributed by atoms with Gasteiger partial charge in [-0.2, -0.15) is 4.98 Å². The Kier molecular flexibility index (Phi) is 9.97. The van der Waals surface area contributed by atoms with Gasteiger partial charge in [-0.05, 0) is 18.6 Å². The van der Waals surface area contributed by atoms with Crippen molar-refractivity contribution < 1.29 is 4.52 Å². The first-order valence-corrected chi connectivity index (χ1v) is 8.02. The van der Waals surface area contributed by atoms with Crippen molar-refractivity contribution in [2.24, 2.45) is 4.99 Å². The highest BCUT2D eigenvalue weighted by Gasteiger charge is 2.09. The molecule has 0 saturated carbocycles. The van der Waals surface area contributed by atoms with E-state index >= 15 is 0 Å². The Morgan fingerprint density at radius 3 is 2.75 bits per heavy atom. The molecule has 0 amide bonds. The van der Waals surface area contributed by atoms with Crippen molar-refractivity contribution in [3.63, 3.8) is 0 Å². The van der Waals surface area contributed by atoms with Crippen LogP contribution in [-0.4, -0.2) is 41.2 Å². The van der Waals surface area contributed by atoms with E-state index in [0.29, 0.717) is 30.4 Å². The Balaban J connectivity index is 0.00000288. The molecule has 24 heavy (non-hydrogen) atoms. The third kappa shape index (κ3) is 6.81. The highest BCUT2D eigenvalue weighted by molar-refractivity contribution is 14.0. The maximum absolute atomic E-state index is 5.23. The van der Waals surface area contributed by atoms with Gasteiger partial charge in [0.25, 0.3) is 5.89 Å². The molecule has 2 aromatic rings. The largest absolute Gasteiger partial charge is 0.356 e. The maximum atomic E-state index is 5.23. The number of hydrogen-bond acceptors (Lipinski definition) is 5. The summed E-state index contributed by atoms with van der Waals surface area (Å²) in [6, 6.07) is 5.59. The summed E-state index contributed by atoms with van der Waals surface area (Å²) in [7, 11) is 1.77. The summed E-state index contributed by atoms with van der Waals surface area (Å²) in [5, 5.41) is 10.5. The molecule has 0 atom stereocenters. The smallest absolute Gasteiger partial charge is 0.276 e. The Labute approximate surface area is 159 Å². The molecule has 2 heterocycles. The molecule has 0 radical (unpaired) electrons. The summed E-state index contributed by atoms with van der Waals surface area (Å²) < 4.78 is 5.23. The fourth-order valence-electron chi connectivity index (χ4n) is 2.04. The molecule has 7 nitrogen and oxygen atoms in total. The molecule has 0 bridgehead atoms. The Bertz CT molecular complexity index is 602. The standard InChI is InChI=1S/C16H24N6O.HI/c1-3-4-6-11-19-16(17-2)20-12-9-14-21-15(23-22-14)13-8-5-7-10-18-13;/h5,7-8,10H,3-4,6,9,11-12H2,1-2H3,(H2,17,19,20);1H. The van der Waals surface area contributed by atoms with Gasteiger partial charge in [-0.15, -0.1) is 24.0 Å². The van der Waals surface area contributed by atoms with Crippen LogP contribution in [0, 0.1) is 0 Å². The van der Waals surface area contributed by atoms with E-state index < -0.39 is 0 Å². The molecular formula is C16H25IN6O. The van der Waals surface area contributed by atoms with Gasteiger partial charge in [0.1, 0.15) is 5.69 Å². The average Bonchev–Trinajstić information content (AvgIpc) is 3.07. The number of unbranched alkanes of at least 4 members (excludes halogenated alkanes) is 2. The van der Waals surface area contributed by atoms with Crippen molar-refractivity contribution in [2.75, 3.05) is 20.1 Å². The predicted octanol–water partition coefficient (Wildman–Crippen LogP) is 2.65. The molecule has 132 valence electrons. The fourth-order valence-corrected chi connectivity index (χ4v) is 2.04. The number of pyridine rings is 1. The van der Waals surface area contributed by atoms with Crippen LogP contribution in [0.15, 0.2) is 33.9 Å². The SMILES string of the molecule is CCCCCNC(=NC)NCCc1noc(-c2ccccn2)n1.I. The highest BCUT2D eigenvalue weighted by Crippen LogP contribution is 2.12. The molecule has 8 heteroatoms. The number of nitrogens with one attached hydrogen (secondary N) is 2. The molecule has 0 saturated heterocycles. The lowest BCUT2D eigenvalue weighted by atomic mass is 10.2. The fraction of sp³-hybridized carbons (Fsp3) is 0.500. The quantitative estimate of drug-likeness (QED) is 0.282. The van der Waals surface area contributed by atoms with Crippen molar-refractivity contribution in [3.8, 4) is 11.6 Å². The zero-order chi connectivity index (χ0) is 16.3. The van der Waals surface area contributed by atoms with Gasteiger partial charge < -0.3 is 15.2 Å². The number of guanidine groups is 1. The van der Waals surface area contributed by atoms with E-state index in [-0.39, 0.29) is 24.0 Å². The number of aromatic nitrogens is 3. The van der Waals surface area contributed by atoms with Crippen LogP contribution in [0.4, 0.5) is 0 Å². The van der Waals surface area contributed by atoms with Gasteiger partial charge in [-0.3, -0.25) is 9.98 Å². The van der Waals surface area contributed by atoms with E-state index in [1.54, 1.807) is 13.2 Å². The van der Waals surface area contributed by atoms with Crippen molar-refractivity contribution in [3.05, 3.63) is 30.2 Å². The Morgan fingerprint density at radius 1 is 1.21 bits per heavy atom. The summed E-state index contributed by atoms with van der Waals surface area (Å²) >= 11 is 0. The molecule has 2 rings (SSSR count). The minimum atomic E-state index is 0. The third-order valence-electron chi connectivity index (χ3n) is 3.29. The monoisotopic (exact) mass is 444 g/mol. The van der Waals surface area contributed by atoms with E-state index in [0.717, 1.165) is 18.9 Å². The van der Waals surface area contributed by atoms with Gasteiger partial charge in [0, 0.05) is 32.8 Å². The number of halogens is 1. The number of rotatable bonds is 8. The minimum Gasteiger partial charge on any atom is -0.356 e. The topological polar surface area (TPSA) is 88.2 Å². The van der Waals surface area contributed by atoms with Crippen molar-refractivity contribution in [2.45, 2.75) is 32.6 Å². The lowest BCUT2D eigenvalue weighted by Gasteiger charge is -2.10. The first-order chi connectivity index (χ1) is 11.3. The van der Waals surface area contributed by atoms with Crippen LogP contribution >= 0.6 is 24.0 Å². The lowest BCUT2D eigenvalue weighted by molar-refractivity contribution is 0.421. The van der Waals surface area contributed by atoms with Gasteiger partial charge in [0.2, 0.25) is 0 Å². The Morgan fingerprint density at radius 2 is 2.04 bits per heavy atom. The third-order valence-corrected chi connectivity index (χ3v) is 3.29. The first-order valence-electron chi connectivity index (χ1n) is 8.02. The second-order valence-electron chi connectivity index (χ2n) is 5.11. The average molecular weight is 444 g/mol. The van der Waals surface area contributed by atoms with Crippen LogP contribution < -0.4 is 10.6 Å². The molecule has 0 aromatic carbocycles. The maximum Gasteiger partial charge on any atom is 0.276 e. The van der Waals surface area contributed by atoms with Gasteiger partial charge in [0.05, 0.1) is 0 Å². The lowest BCUT2D eigenvalue weighted by Crippen LogP contribution is -2.38. The summed E-state index contributed by atoms with van der Waals surface area (Å²) in [5.74, 6) is 1.90. The van der Waals surface area contributed by atoms with Gasteiger partial charge >= 0.3 is 0 Å². The van der Waals surface area contributed by atoms with E-state index in [2.05, 4.69) is 37.7 Å². The summed E-state index contributed by atoms with van der Waals surface area (Å²) in [6.07, 6.45) is 5.95. The predicted molar refractivity (Wildman–Crippen MR) is 106 cm³/mol. The molecule has 0 unspecified atom stereocenters. The molecule has 0 aliphatic carbocycles. The molecule has 0 aliphatic rings. The van der Waals surface area contributed by atoms with Crippen LogP contribution in [0.3, 0.4) is 0 Å². The molecule has 0 fully saturated rings. The van der Waals surface area contributed by atoms with Crippen molar-refractivity contribution >= 4 is 29.9 Å². The molecule has 0 aliphatic heterocycles. The first kappa shape index (κ1) is 20.3. The van der Waals surface area contributed by atoms with Gasteiger partial charge in [0.15, 0.2) is 11.8 Å². The second-order valence-corrected chi connectivity index (χ2v) is 5.11. The zero-order valence-corrected chi connectivity index (χ0v) is 16.5. The van der Waals surface area contributed by atoms with Crippen molar-refractivity contribution in [1.82, 2.24) is 25.8 Å². The van der Waals surface area contributed by atoms with Crippen LogP contribution in [0.1, 0.15) is 32.0 Å². The number of hydrogen-bond donors (Lipinski definition) is 2. The van der Waals surface area contributed by atoms with Crippen LogP contribution in [0.2, 0.25) is 0 Å². The highest BCUT2D eigenvalue weighted by atomic mass is 127. The van der Waals surface area contributed by atoms with Crippen LogP contribution in [0.25, 0.3) is 11.6 Å².